The second-order valence-corrected chi connectivity index (χ2v) is 23.3. The van der Waals surface area contributed by atoms with Crippen molar-refractivity contribution in [3.05, 3.63) is 251 Å². The summed E-state index contributed by atoms with van der Waals surface area (Å²) < 4.78 is 2.44. The minimum atomic E-state index is -0.171. The molecular weight excluding hydrogens is 911 g/mol. The van der Waals surface area contributed by atoms with Gasteiger partial charge < -0.3 is 9.47 Å². The van der Waals surface area contributed by atoms with Crippen LogP contribution in [0.15, 0.2) is 212 Å². The first-order chi connectivity index (χ1) is 36.5. The summed E-state index contributed by atoms with van der Waals surface area (Å²) >= 11 is 0. The summed E-state index contributed by atoms with van der Waals surface area (Å²) in [6.07, 6.45) is 0. The van der Waals surface area contributed by atoms with Crippen LogP contribution in [0.2, 0.25) is 0 Å². The number of nitrogens with zero attached hydrogens (tertiary/aromatic N) is 5. The van der Waals surface area contributed by atoms with Gasteiger partial charge >= 0.3 is 0 Å². The van der Waals surface area contributed by atoms with E-state index in [1.165, 1.54) is 83.0 Å². The molecule has 0 saturated heterocycles. The quantitative estimate of drug-likeness (QED) is 0.167. The number of anilines is 2. The molecule has 15 rings (SSSR count). The highest BCUT2D eigenvalue weighted by molar-refractivity contribution is 6.11. The Morgan fingerprint density at radius 2 is 0.787 bits per heavy atom. The van der Waals surface area contributed by atoms with Crippen molar-refractivity contribution in [3.63, 3.8) is 0 Å². The van der Waals surface area contributed by atoms with Crippen molar-refractivity contribution in [2.24, 2.45) is 0 Å². The molecule has 0 spiro atoms. The Hall–Kier alpha value is -8.41. The molecule has 362 valence electrons. The van der Waals surface area contributed by atoms with Crippen LogP contribution in [0.1, 0.15) is 104 Å². The Balaban J connectivity index is 0.887. The third-order valence-electron chi connectivity index (χ3n) is 18.3. The average Bonchev–Trinajstić information content (AvgIpc) is 4.33. The first kappa shape index (κ1) is 44.1. The van der Waals surface area contributed by atoms with Gasteiger partial charge in [0.1, 0.15) is 0 Å². The molecule has 3 heterocycles. The second kappa shape index (κ2) is 15.8. The number of para-hydroxylation sites is 1. The lowest BCUT2D eigenvalue weighted by molar-refractivity contribution is 0.349. The van der Waals surface area contributed by atoms with Crippen LogP contribution in [-0.2, 0) is 16.2 Å². The minimum Gasteiger partial charge on any atom is -0.309 e. The van der Waals surface area contributed by atoms with E-state index in [-0.39, 0.29) is 28.2 Å². The molecule has 0 amide bonds. The van der Waals surface area contributed by atoms with Crippen LogP contribution in [0.5, 0.6) is 0 Å². The summed E-state index contributed by atoms with van der Waals surface area (Å²) in [7, 11) is 0. The van der Waals surface area contributed by atoms with Gasteiger partial charge in [-0.05, 0) is 126 Å². The molecule has 1 aliphatic heterocycles. The summed E-state index contributed by atoms with van der Waals surface area (Å²) in [6, 6.07) is 78.5. The summed E-state index contributed by atoms with van der Waals surface area (Å²) in [5, 5.41) is 2.49. The maximum absolute atomic E-state index is 5.34. The molecule has 75 heavy (non-hydrogen) atoms. The van der Waals surface area contributed by atoms with Gasteiger partial charge in [0.2, 0.25) is 5.95 Å². The van der Waals surface area contributed by atoms with E-state index in [9.17, 15) is 0 Å². The lowest BCUT2D eigenvalue weighted by atomic mass is 9.72. The average molecular weight is 968 g/mol. The zero-order valence-electron chi connectivity index (χ0n) is 43.3. The molecule has 0 radical (unpaired) electrons. The number of benzene rings is 9. The first-order valence-electron chi connectivity index (χ1n) is 26.7. The molecule has 4 atom stereocenters. The van der Waals surface area contributed by atoms with Gasteiger partial charge in [0, 0.05) is 51.0 Å². The van der Waals surface area contributed by atoms with E-state index in [4.69, 9.17) is 15.0 Å². The molecule has 4 unspecified atom stereocenters. The van der Waals surface area contributed by atoms with E-state index in [2.05, 4.69) is 227 Å². The van der Waals surface area contributed by atoms with Crippen LogP contribution in [0.4, 0.5) is 11.6 Å². The van der Waals surface area contributed by atoms with E-state index in [1.807, 2.05) is 36.4 Å². The molecule has 0 bridgehead atoms. The molecule has 4 aliphatic rings. The monoisotopic (exact) mass is 967 g/mol. The molecule has 3 aliphatic carbocycles. The van der Waals surface area contributed by atoms with E-state index >= 15 is 0 Å². The Morgan fingerprint density at radius 3 is 1.39 bits per heavy atom. The van der Waals surface area contributed by atoms with Gasteiger partial charge in [0.05, 0.1) is 17.1 Å². The Kier molecular flexibility index (Phi) is 9.29. The summed E-state index contributed by atoms with van der Waals surface area (Å²) in [5.41, 5.74) is 21.4. The van der Waals surface area contributed by atoms with Gasteiger partial charge in [-0.2, -0.15) is 9.97 Å². The third-order valence-corrected chi connectivity index (χ3v) is 18.3. The molecule has 5 nitrogen and oxygen atoms in total. The van der Waals surface area contributed by atoms with Crippen molar-refractivity contribution < 1.29 is 0 Å². The molecular formula is C70H57N5. The normalized spacial score (nSPS) is 19.9. The molecule has 0 fully saturated rings. The zero-order chi connectivity index (χ0) is 50.5. The molecule has 0 N–H and O–H groups in total. The second-order valence-electron chi connectivity index (χ2n) is 23.3. The summed E-state index contributed by atoms with van der Waals surface area (Å²) in [5.74, 6) is 2.99. The number of aromatic nitrogens is 4. The van der Waals surface area contributed by atoms with Crippen molar-refractivity contribution in [3.8, 4) is 50.7 Å². The van der Waals surface area contributed by atoms with Crippen molar-refractivity contribution >= 4 is 33.4 Å². The number of rotatable bonds is 6. The van der Waals surface area contributed by atoms with Gasteiger partial charge in [0.15, 0.2) is 11.6 Å². The van der Waals surface area contributed by atoms with Crippen LogP contribution in [-0.4, -0.2) is 19.5 Å². The van der Waals surface area contributed by atoms with Crippen LogP contribution in [0.3, 0.4) is 0 Å². The highest BCUT2D eigenvalue weighted by atomic mass is 15.3. The van der Waals surface area contributed by atoms with Gasteiger partial charge in [-0.15, -0.1) is 0 Å². The molecule has 5 heteroatoms. The topological polar surface area (TPSA) is 46.8 Å². The van der Waals surface area contributed by atoms with Gasteiger partial charge in [0.25, 0.3) is 0 Å². The van der Waals surface area contributed by atoms with Crippen molar-refractivity contribution in [2.45, 2.75) is 81.6 Å². The summed E-state index contributed by atoms with van der Waals surface area (Å²) in [4.78, 5) is 18.2. The van der Waals surface area contributed by atoms with Crippen LogP contribution >= 0.6 is 0 Å². The molecule has 11 aromatic rings. The highest BCUT2D eigenvalue weighted by Gasteiger charge is 2.58. The number of hydrogen-bond acceptors (Lipinski definition) is 4. The lowest BCUT2D eigenvalue weighted by Gasteiger charge is -2.31. The van der Waals surface area contributed by atoms with E-state index < -0.39 is 0 Å². The highest BCUT2D eigenvalue weighted by Crippen LogP contribution is 2.68. The maximum atomic E-state index is 5.34. The van der Waals surface area contributed by atoms with Gasteiger partial charge in [-0.25, -0.2) is 4.98 Å². The number of fused-ring (bicyclic) bond motifs is 13. The Morgan fingerprint density at radius 1 is 0.347 bits per heavy atom. The lowest BCUT2D eigenvalue weighted by Crippen LogP contribution is -2.26. The predicted molar refractivity (Wildman–Crippen MR) is 307 cm³/mol. The van der Waals surface area contributed by atoms with E-state index in [0.717, 1.165) is 22.5 Å². The van der Waals surface area contributed by atoms with Gasteiger partial charge in [-0.3, -0.25) is 0 Å². The summed E-state index contributed by atoms with van der Waals surface area (Å²) in [6.45, 7) is 14.7. The van der Waals surface area contributed by atoms with E-state index in [1.54, 1.807) is 0 Å². The molecule has 0 saturated carbocycles. The smallest absolute Gasteiger partial charge is 0.234 e. The van der Waals surface area contributed by atoms with E-state index in [0.29, 0.717) is 29.4 Å². The minimum absolute atomic E-state index is 0.00733. The largest absolute Gasteiger partial charge is 0.309 e. The predicted octanol–water partition coefficient (Wildman–Crippen LogP) is 17.4. The fourth-order valence-electron chi connectivity index (χ4n) is 14.9. The van der Waals surface area contributed by atoms with Crippen LogP contribution in [0, 0.1) is 0 Å². The standard InChI is InChI=1S/C70H57N5/c1-68(2)55-28-18-16-26-49(55)61-62(68)53-40-44(30-34-57(53)69(61,3)4)45-31-35-58-51(38-45)52-39-46(32-36-59(52)74(58)48-24-14-9-15-25-48)47-33-37-60-54(41-47)63-64(50-27-17-19-29-56(50)70(63,5)6)75(60)67-72-65(42-20-10-7-11-21-42)71-66(73-67)43-22-12-8-13-23-43/h7-41,61-64H,1-6H3. The molecule has 9 aromatic carbocycles. The van der Waals surface area contributed by atoms with Crippen molar-refractivity contribution in [1.82, 2.24) is 19.5 Å². The van der Waals surface area contributed by atoms with Crippen LogP contribution in [0.25, 0.3) is 72.5 Å². The first-order valence-corrected chi connectivity index (χ1v) is 26.7. The maximum Gasteiger partial charge on any atom is 0.234 e. The Labute approximate surface area is 439 Å². The number of hydrogen-bond donors (Lipinski definition) is 0. The SMILES string of the molecule is CC1(C)c2ccccc2C2C1c1cc(-c3ccc4c(c3)c3cc(-c5ccc6c(c5)C5C(c7ccccc7C5(C)C)C6(C)C)ccc3n4-c3ccccc3)ccc1N2c1nc(-c2ccccc2)nc(-c2ccccc2)n1. The Bertz CT molecular complexity index is 4070. The third kappa shape index (κ3) is 6.27. The molecule has 2 aromatic heterocycles. The zero-order valence-corrected chi connectivity index (χ0v) is 43.3. The van der Waals surface area contributed by atoms with Crippen molar-refractivity contribution in [1.29, 1.82) is 0 Å². The van der Waals surface area contributed by atoms with Crippen molar-refractivity contribution in [2.75, 3.05) is 4.90 Å². The fourth-order valence-corrected chi connectivity index (χ4v) is 14.9. The fraction of sp³-hybridized carbons (Fsp3) is 0.186. The van der Waals surface area contributed by atoms with Gasteiger partial charge in [-0.1, -0.05) is 205 Å². The van der Waals surface area contributed by atoms with Crippen LogP contribution < -0.4 is 4.90 Å².